The molecule has 0 aromatic heterocycles. The Labute approximate surface area is 98.8 Å². The maximum absolute atomic E-state index is 11.7. The molecule has 82 valence electrons. The van der Waals surface area contributed by atoms with E-state index in [9.17, 15) is 4.79 Å². The number of ether oxygens (including phenoxy) is 1. The number of benzene rings is 1. The van der Waals surface area contributed by atoms with Crippen molar-refractivity contribution in [3.05, 3.63) is 33.8 Å². The quantitative estimate of drug-likeness (QED) is 0.606. The molecule has 0 spiro atoms. The summed E-state index contributed by atoms with van der Waals surface area (Å²) in [4.78, 5) is 11.7. The first-order chi connectivity index (χ1) is 7.13. The van der Waals surface area contributed by atoms with Gasteiger partial charge in [0.25, 0.3) is 0 Å². The van der Waals surface area contributed by atoms with Crippen molar-refractivity contribution < 1.29 is 9.53 Å². The van der Waals surface area contributed by atoms with Gasteiger partial charge >= 0.3 is 0 Å². The minimum atomic E-state index is 0.0350. The Morgan fingerprint density at radius 1 is 1.40 bits per heavy atom. The summed E-state index contributed by atoms with van der Waals surface area (Å²) in [6.07, 6.45) is 0.935. The molecule has 0 bridgehead atoms. The number of rotatable bonds is 5. The topological polar surface area (TPSA) is 26.3 Å². The standard InChI is InChI=1S/C12H15BrO2/c1-3-4-15-8-12(14)10-5-9(2)6-11(13)7-10/h5-7H,3-4,8H2,1-2H3. The molecule has 0 unspecified atom stereocenters. The Balaban J connectivity index is 2.65. The molecule has 0 amide bonds. The third-order valence-electron chi connectivity index (χ3n) is 1.95. The Morgan fingerprint density at radius 3 is 2.73 bits per heavy atom. The van der Waals surface area contributed by atoms with Gasteiger partial charge in [-0.05, 0) is 37.1 Å². The van der Waals surface area contributed by atoms with Crippen LogP contribution in [0.3, 0.4) is 0 Å². The van der Waals surface area contributed by atoms with Gasteiger partial charge in [-0.2, -0.15) is 0 Å². The maximum atomic E-state index is 11.7. The predicted octanol–water partition coefficient (Wildman–Crippen LogP) is 3.37. The van der Waals surface area contributed by atoms with Crippen LogP contribution in [0.2, 0.25) is 0 Å². The fourth-order valence-electron chi connectivity index (χ4n) is 1.29. The molecule has 0 radical (unpaired) electrons. The molecule has 0 atom stereocenters. The van der Waals surface area contributed by atoms with Crippen LogP contribution >= 0.6 is 15.9 Å². The number of halogens is 1. The molecule has 0 saturated heterocycles. The molecule has 2 nitrogen and oxygen atoms in total. The molecule has 0 aliphatic rings. The van der Waals surface area contributed by atoms with Crippen molar-refractivity contribution in [2.75, 3.05) is 13.2 Å². The zero-order valence-electron chi connectivity index (χ0n) is 9.05. The highest BCUT2D eigenvalue weighted by Crippen LogP contribution is 2.15. The van der Waals surface area contributed by atoms with Gasteiger partial charge in [0.15, 0.2) is 5.78 Å². The predicted molar refractivity (Wildman–Crippen MR) is 64.3 cm³/mol. The number of hydrogen-bond donors (Lipinski definition) is 0. The van der Waals surface area contributed by atoms with Gasteiger partial charge in [0.2, 0.25) is 0 Å². The second-order valence-electron chi connectivity index (χ2n) is 3.49. The summed E-state index contributed by atoms with van der Waals surface area (Å²) in [6, 6.07) is 5.68. The van der Waals surface area contributed by atoms with Gasteiger partial charge in [0, 0.05) is 16.6 Å². The number of Topliss-reactive ketones (excluding diaryl/α,β-unsaturated/α-hetero) is 1. The fraction of sp³-hybridized carbons (Fsp3) is 0.417. The third kappa shape index (κ3) is 4.14. The molecule has 0 fully saturated rings. The van der Waals surface area contributed by atoms with E-state index in [1.165, 1.54) is 0 Å². The molecule has 0 heterocycles. The Bertz CT molecular complexity index is 327. The third-order valence-corrected chi connectivity index (χ3v) is 2.40. The molecule has 15 heavy (non-hydrogen) atoms. The van der Waals surface area contributed by atoms with E-state index >= 15 is 0 Å². The molecule has 3 heteroatoms. The summed E-state index contributed by atoms with van der Waals surface area (Å²) in [7, 11) is 0. The summed E-state index contributed by atoms with van der Waals surface area (Å²) in [6.45, 7) is 4.80. The van der Waals surface area contributed by atoms with Crippen LogP contribution < -0.4 is 0 Å². The minimum absolute atomic E-state index is 0.0350. The lowest BCUT2D eigenvalue weighted by atomic mass is 10.1. The highest BCUT2D eigenvalue weighted by Gasteiger charge is 2.06. The van der Waals surface area contributed by atoms with Crippen molar-refractivity contribution in [2.45, 2.75) is 20.3 Å². The summed E-state index contributed by atoms with van der Waals surface area (Å²) in [5, 5.41) is 0. The van der Waals surface area contributed by atoms with Crippen LogP contribution in [0.15, 0.2) is 22.7 Å². The highest BCUT2D eigenvalue weighted by atomic mass is 79.9. The molecular formula is C12H15BrO2. The lowest BCUT2D eigenvalue weighted by molar-refractivity contribution is 0.0761. The number of aryl methyl sites for hydroxylation is 1. The molecule has 0 saturated carbocycles. The fourth-order valence-corrected chi connectivity index (χ4v) is 1.90. The number of ketones is 1. The van der Waals surface area contributed by atoms with Crippen LogP contribution in [0, 0.1) is 6.92 Å². The van der Waals surface area contributed by atoms with Crippen molar-refractivity contribution in [3.8, 4) is 0 Å². The number of carbonyl (C=O) groups excluding carboxylic acids is 1. The summed E-state index contributed by atoms with van der Waals surface area (Å²) < 4.78 is 6.15. The molecular weight excluding hydrogens is 256 g/mol. The summed E-state index contributed by atoms with van der Waals surface area (Å²) in [5.41, 5.74) is 1.78. The zero-order chi connectivity index (χ0) is 11.3. The van der Waals surface area contributed by atoms with Gasteiger partial charge in [0.1, 0.15) is 6.61 Å². The molecule has 1 aromatic rings. The maximum Gasteiger partial charge on any atom is 0.188 e. The van der Waals surface area contributed by atoms with Crippen LogP contribution in [0.25, 0.3) is 0 Å². The van der Waals surface area contributed by atoms with Crippen LogP contribution in [0.5, 0.6) is 0 Å². The van der Waals surface area contributed by atoms with E-state index < -0.39 is 0 Å². The van der Waals surface area contributed by atoms with E-state index in [1.54, 1.807) is 0 Å². The van der Waals surface area contributed by atoms with E-state index in [1.807, 2.05) is 32.0 Å². The first-order valence-corrected chi connectivity index (χ1v) is 5.81. The van der Waals surface area contributed by atoms with Gasteiger partial charge in [-0.25, -0.2) is 0 Å². The van der Waals surface area contributed by atoms with Crippen molar-refractivity contribution in [2.24, 2.45) is 0 Å². The molecule has 1 aromatic carbocycles. The number of carbonyl (C=O) groups is 1. The van der Waals surface area contributed by atoms with Gasteiger partial charge in [0.05, 0.1) is 0 Å². The second kappa shape index (κ2) is 6.03. The summed E-state index contributed by atoms with van der Waals surface area (Å²) in [5.74, 6) is 0.0350. The van der Waals surface area contributed by atoms with Crippen molar-refractivity contribution >= 4 is 21.7 Å². The lowest BCUT2D eigenvalue weighted by Gasteiger charge is -2.04. The normalized spacial score (nSPS) is 10.3. The average molecular weight is 271 g/mol. The van der Waals surface area contributed by atoms with Gasteiger partial charge in [-0.15, -0.1) is 0 Å². The van der Waals surface area contributed by atoms with E-state index in [2.05, 4.69) is 15.9 Å². The molecule has 0 N–H and O–H groups in total. The largest absolute Gasteiger partial charge is 0.373 e. The number of hydrogen-bond acceptors (Lipinski definition) is 2. The smallest absolute Gasteiger partial charge is 0.188 e. The lowest BCUT2D eigenvalue weighted by Crippen LogP contribution is -2.09. The van der Waals surface area contributed by atoms with Crippen molar-refractivity contribution in [1.82, 2.24) is 0 Å². The van der Waals surface area contributed by atoms with Gasteiger partial charge < -0.3 is 4.74 Å². The Kier molecular flexibility index (Phi) is 4.99. The zero-order valence-corrected chi connectivity index (χ0v) is 10.6. The Morgan fingerprint density at radius 2 is 2.13 bits per heavy atom. The minimum Gasteiger partial charge on any atom is -0.373 e. The van der Waals surface area contributed by atoms with Crippen molar-refractivity contribution in [1.29, 1.82) is 0 Å². The monoisotopic (exact) mass is 270 g/mol. The molecule has 0 aliphatic carbocycles. The highest BCUT2D eigenvalue weighted by molar-refractivity contribution is 9.10. The van der Waals surface area contributed by atoms with Gasteiger partial charge in [-0.1, -0.05) is 22.9 Å². The molecule has 0 aliphatic heterocycles. The van der Waals surface area contributed by atoms with Crippen LogP contribution in [0.4, 0.5) is 0 Å². The van der Waals surface area contributed by atoms with Crippen LogP contribution in [-0.2, 0) is 4.74 Å². The first-order valence-electron chi connectivity index (χ1n) is 5.01. The second-order valence-corrected chi connectivity index (χ2v) is 4.41. The van der Waals surface area contributed by atoms with Gasteiger partial charge in [-0.3, -0.25) is 4.79 Å². The van der Waals surface area contributed by atoms with Crippen LogP contribution in [0.1, 0.15) is 29.3 Å². The van der Waals surface area contributed by atoms with E-state index in [-0.39, 0.29) is 12.4 Å². The first kappa shape index (κ1) is 12.4. The SMILES string of the molecule is CCCOCC(=O)c1cc(C)cc(Br)c1. The summed E-state index contributed by atoms with van der Waals surface area (Å²) >= 11 is 3.37. The average Bonchev–Trinajstić information content (AvgIpc) is 2.16. The van der Waals surface area contributed by atoms with E-state index in [0.29, 0.717) is 12.2 Å². The van der Waals surface area contributed by atoms with Crippen LogP contribution in [-0.4, -0.2) is 19.0 Å². The molecule has 1 rings (SSSR count). The van der Waals surface area contributed by atoms with E-state index in [4.69, 9.17) is 4.74 Å². The van der Waals surface area contributed by atoms with E-state index in [0.717, 1.165) is 16.5 Å². The Hall–Kier alpha value is -0.670. The van der Waals surface area contributed by atoms with Crippen molar-refractivity contribution in [3.63, 3.8) is 0 Å².